The van der Waals surface area contributed by atoms with Gasteiger partial charge in [0, 0.05) is 49.5 Å². The molecule has 0 radical (unpaired) electrons. The van der Waals surface area contributed by atoms with Crippen LogP contribution in [0.5, 0.6) is 0 Å². The number of ketones is 2. The number of benzene rings is 1. The van der Waals surface area contributed by atoms with E-state index in [2.05, 4.69) is 47.5 Å². The number of hydrogen-bond acceptors (Lipinski definition) is 23. The minimum Gasteiger partial charge on any atom is -0.445 e. The van der Waals surface area contributed by atoms with Gasteiger partial charge in [0.15, 0.2) is 23.5 Å². The van der Waals surface area contributed by atoms with Crippen LogP contribution in [0, 0.1) is 23.2 Å². The first-order chi connectivity index (χ1) is 52.5. The minimum absolute atomic E-state index is 0.0293. The van der Waals surface area contributed by atoms with E-state index in [0.29, 0.717) is 102 Å². The lowest BCUT2D eigenvalue weighted by molar-refractivity contribution is -0.215. The van der Waals surface area contributed by atoms with Crippen molar-refractivity contribution in [1.82, 2.24) is 46.9 Å². The van der Waals surface area contributed by atoms with Crippen LogP contribution < -0.4 is 48.7 Å². The minimum atomic E-state index is -4.14. The van der Waals surface area contributed by atoms with E-state index in [4.69, 9.17) is 53.9 Å². The number of allylic oxidation sites excluding steroid dienone is 4. The summed E-state index contributed by atoms with van der Waals surface area (Å²) in [5, 5.41) is 39.0. The molecule has 8 amide bonds. The molecule has 36 heteroatoms. The fraction of sp³-hybridized carbons (Fsp3) is 0.716. The summed E-state index contributed by atoms with van der Waals surface area (Å²) in [6.07, 6.45) is 3.98. The molecule has 13 atom stereocenters. The van der Waals surface area contributed by atoms with Crippen molar-refractivity contribution in [2.75, 3.05) is 96.7 Å². The van der Waals surface area contributed by atoms with E-state index in [1.54, 1.807) is 39.0 Å². The Kier molecular flexibility index (Phi) is 35.9. The summed E-state index contributed by atoms with van der Waals surface area (Å²) in [5.41, 5.74) is 8.69. The molecule has 13 N–H and O–H groups in total. The van der Waals surface area contributed by atoms with Gasteiger partial charge in [-0.3, -0.25) is 38.1 Å². The van der Waals surface area contributed by atoms with Crippen LogP contribution in [0.4, 0.5) is 24.1 Å². The molecule has 1 aliphatic heterocycles. The van der Waals surface area contributed by atoms with Crippen LogP contribution in [0.25, 0.3) is 0 Å². The van der Waals surface area contributed by atoms with Crippen molar-refractivity contribution in [1.29, 1.82) is 0 Å². The number of alkyl halides is 2. The number of Topliss-reactive ketones (excluding diaryl/α,β-unsaturated/α-hetero) is 1. The van der Waals surface area contributed by atoms with Crippen LogP contribution in [-0.2, 0) is 101 Å². The van der Waals surface area contributed by atoms with Gasteiger partial charge in [0.1, 0.15) is 48.9 Å². The molecule has 7 rings (SSSR count). The lowest BCUT2D eigenvalue weighted by Gasteiger charge is -2.57. The van der Waals surface area contributed by atoms with Crippen LogP contribution in [-0.4, -0.2) is 232 Å². The number of amides is 8. The van der Waals surface area contributed by atoms with Crippen LogP contribution in [0.3, 0.4) is 0 Å². The molecule has 0 spiro atoms. The summed E-state index contributed by atoms with van der Waals surface area (Å²) < 4.78 is 112. The van der Waals surface area contributed by atoms with Gasteiger partial charge in [0.05, 0.1) is 95.6 Å². The number of aromatic nitrogens is 3. The van der Waals surface area contributed by atoms with Crippen molar-refractivity contribution in [2.24, 2.45) is 34.6 Å². The number of hydrogen-bond donors (Lipinski definition) is 11. The van der Waals surface area contributed by atoms with Gasteiger partial charge in [-0.2, -0.15) is 8.42 Å². The van der Waals surface area contributed by atoms with Crippen molar-refractivity contribution < 1.29 is 108 Å². The number of halogens is 2. The van der Waals surface area contributed by atoms with Crippen LogP contribution >= 0.6 is 0 Å². The van der Waals surface area contributed by atoms with Crippen molar-refractivity contribution in [3.8, 4) is 0 Å². The highest BCUT2D eigenvalue weighted by molar-refractivity contribution is 7.85. The highest BCUT2D eigenvalue weighted by Gasteiger charge is 2.77. The number of unbranched alkanes of at least 4 members (excludes halogenated alkanes) is 1. The lowest BCUT2D eigenvalue weighted by atomic mass is 9.50. The second-order valence-corrected chi connectivity index (χ2v) is 30.7. The number of primary amides is 1. The number of urea groups is 1. The fourth-order valence-corrected chi connectivity index (χ4v) is 15.4. The van der Waals surface area contributed by atoms with Gasteiger partial charge >= 0.3 is 12.1 Å². The summed E-state index contributed by atoms with van der Waals surface area (Å²) in [6, 6.07) is 2.12. The van der Waals surface area contributed by atoms with Gasteiger partial charge < -0.3 is 91.7 Å². The lowest BCUT2D eigenvalue weighted by Crippen LogP contribution is -2.66. The van der Waals surface area contributed by atoms with Crippen molar-refractivity contribution in [2.45, 2.75) is 224 Å². The number of anilines is 1. The molecule has 4 aliphatic carbocycles. The first-order valence-electron chi connectivity index (χ1n) is 38.3. The third kappa shape index (κ3) is 26.3. The van der Waals surface area contributed by atoms with Crippen molar-refractivity contribution in [3.05, 3.63) is 65.0 Å². The molecule has 4 fully saturated rings. The normalized spacial score (nSPS) is 24.8. The number of nitrogens with two attached hydrogens (primary N) is 2. The Balaban J connectivity index is 0.798. The summed E-state index contributed by atoms with van der Waals surface area (Å²) in [5.74, 6) is -6.44. The van der Waals surface area contributed by atoms with E-state index < -0.39 is 159 Å². The van der Waals surface area contributed by atoms with Crippen LogP contribution in [0.1, 0.15) is 167 Å². The van der Waals surface area contributed by atoms with E-state index in [9.17, 15) is 56.7 Å². The van der Waals surface area contributed by atoms with Gasteiger partial charge in [-0.25, -0.2) is 23.1 Å². The molecule has 2 heterocycles. The Bertz CT molecular complexity index is 3560. The Hall–Kier alpha value is -7.52. The largest absolute Gasteiger partial charge is 0.445 e. The zero-order chi connectivity index (χ0) is 80.0. The first kappa shape index (κ1) is 89.7. The van der Waals surface area contributed by atoms with E-state index in [0.717, 1.165) is 37.5 Å². The second-order valence-electron chi connectivity index (χ2n) is 29.1. The average molecular weight is 1580 g/mol. The number of aliphatic hydroxyl groups excluding tert-OH is 1. The second kappa shape index (κ2) is 44.1. The fourth-order valence-electron chi connectivity index (χ4n) is 15.0. The molecule has 5 aliphatic rings. The molecular weight excluding hydrogens is 1460 g/mol. The van der Waals surface area contributed by atoms with Crippen LogP contribution in [0.15, 0.2) is 48.1 Å². The van der Waals surface area contributed by atoms with E-state index in [1.165, 1.54) is 18.2 Å². The van der Waals surface area contributed by atoms with Crippen molar-refractivity contribution >= 4 is 69.0 Å². The smallest absolute Gasteiger partial charge is 0.407 e. The SMILES string of the molecule is CC/C=C\C(=O)/C=C1\C[C@@]2(F)[C@@H](O)C[C@@]3(C)C(C[C@H]4OC(CCC)O[C@]43C(=O)CNC(=O)OCc3ccc(NC(=O)[C@H](CCCNC(N)=O)NC(=O)[C@@H](NC(=O)[C@H](N)CCCCNC(=O)COC4CCCCCc5c4nnn5CCOCCOCCOCCOCCC(=O)NCCS(=O)(=O)O)C(C)C)cc3)[C@@H]2C[C@@H]1F. The van der Waals surface area contributed by atoms with E-state index in [1.807, 2.05) is 18.5 Å². The Morgan fingerprint density at radius 2 is 1.51 bits per heavy atom. The number of carbonyl (C=O) groups is 9. The summed E-state index contributed by atoms with van der Waals surface area (Å²) in [4.78, 5) is 118. The first-order valence-corrected chi connectivity index (χ1v) is 39.9. The van der Waals surface area contributed by atoms with Gasteiger partial charge in [-0.05, 0) is 131 Å². The summed E-state index contributed by atoms with van der Waals surface area (Å²) in [6.45, 7) is 10.9. The number of nitrogens with zero attached hydrogens (tertiary/aromatic N) is 3. The zero-order valence-electron chi connectivity index (χ0n) is 63.7. The highest BCUT2D eigenvalue weighted by Crippen LogP contribution is 2.69. The van der Waals surface area contributed by atoms with Gasteiger partial charge in [-0.1, -0.05) is 77.3 Å². The van der Waals surface area contributed by atoms with Gasteiger partial charge in [-0.15, -0.1) is 5.10 Å². The molecule has 3 saturated carbocycles. The summed E-state index contributed by atoms with van der Waals surface area (Å²) in [7, 11) is -4.14. The average Bonchev–Trinajstić information content (AvgIpc) is 1.49. The number of rotatable bonds is 47. The maximum absolute atomic E-state index is 17.3. The molecule has 33 nitrogen and oxygen atoms in total. The van der Waals surface area contributed by atoms with E-state index in [-0.39, 0.29) is 102 Å². The van der Waals surface area contributed by atoms with Crippen molar-refractivity contribution in [3.63, 3.8) is 0 Å². The number of carbonyl (C=O) groups excluding carboxylic acids is 9. The predicted molar refractivity (Wildman–Crippen MR) is 395 cm³/mol. The van der Waals surface area contributed by atoms with Crippen LogP contribution in [0.2, 0.25) is 0 Å². The number of fused-ring (bicyclic) bond motifs is 6. The third-order valence-electron chi connectivity index (χ3n) is 20.7. The molecule has 110 heavy (non-hydrogen) atoms. The quantitative estimate of drug-likeness (QED) is 0.0253. The molecule has 3 unspecified atom stereocenters. The number of aliphatic hydroxyl groups is 1. The number of ether oxygens (including phenoxy) is 8. The molecular formula is C74H114F2N12O21S. The number of alkyl carbamates (subject to hydrolysis) is 1. The zero-order valence-corrected chi connectivity index (χ0v) is 64.6. The summed E-state index contributed by atoms with van der Waals surface area (Å²) >= 11 is 0. The monoisotopic (exact) mass is 1580 g/mol. The molecule has 1 aromatic carbocycles. The number of nitrogens with one attached hydrogen (secondary N) is 7. The topological polar surface area (TPSA) is 469 Å². The van der Waals surface area contributed by atoms with Gasteiger partial charge in [0.25, 0.3) is 10.1 Å². The third-order valence-corrected chi connectivity index (χ3v) is 21.5. The van der Waals surface area contributed by atoms with Gasteiger partial charge in [0.2, 0.25) is 29.5 Å². The Morgan fingerprint density at radius 1 is 0.818 bits per heavy atom. The standard InChI is InChI=1S/C74H114F2N12O21S/c1-6-8-16-51(89)39-49-42-73(76)53(40-54(49)75)52-41-61-74(72(52,5)43-59(73)90,109-64(108-61)15-7-2)60(91)44-82-71(98)107-45-48-21-23-50(24-22-48)83-68(95)56(18-14-27-81-70(78)97)84-69(96)65(47(3)4)85-67(94)55(77)17-12-13-26-79-63(93)46-106-58-20-11-9-10-19-57-66(58)86-87-88(57)29-31-103-33-35-105-37-36-104-34-32-102-30-25-62(92)80-28-38-110(99,100)101/h8,16,21-24,39,47,52-56,58-59,61,64-65,90H,6-7,9-15,17-20,25-38,40-46,77H2,1-5H3,(H,79,93)(H,80,92)(H,82,98)(H,83,95)(H,84,96)(H,85,94)(H3,78,81,97)(H,99,100,101)/b16-8-,49-39+/t52?,53-,54-,55+,56-,58?,59-,61+,64?,65-,72-,73-,74+/m0/s1. The molecule has 0 bridgehead atoms. The predicted octanol–water partition coefficient (Wildman–Crippen LogP) is 4.02. The molecule has 616 valence electrons. The molecule has 1 aromatic heterocycles. The maximum Gasteiger partial charge on any atom is 0.407 e. The highest BCUT2D eigenvalue weighted by atomic mass is 32.2. The maximum atomic E-state index is 17.3. The molecule has 2 aromatic rings. The van der Waals surface area contributed by atoms with E-state index >= 15 is 8.78 Å². The Labute approximate surface area is 641 Å². The Morgan fingerprint density at radius 3 is 2.19 bits per heavy atom. The molecule has 1 saturated heterocycles.